The SMILES string of the molecule is CCNCC1(CCC(C)C)CCOC1. The first-order valence-corrected chi connectivity index (χ1v) is 5.97. The van der Waals surface area contributed by atoms with Crippen LogP contribution in [0.15, 0.2) is 0 Å². The fourth-order valence-electron chi connectivity index (χ4n) is 2.06. The van der Waals surface area contributed by atoms with Gasteiger partial charge in [0.05, 0.1) is 6.61 Å². The van der Waals surface area contributed by atoms with Gasteiger partial charge >= 0.3 is 0 Å². The molecule has 1 heterocycles. The van der Waals surface area contributed by atoms with E-state index in [-0.39, 0.29) is 0 Å². The molecule has 84 valence electrons. The highest BCUT2D eigenvalue weighted by Gasteiger charge is 2.33. The average Bonchev–Trinajstić information content (AvgIpc) is 2.61. The van der Waals surface area contributed by atoms with E-state index >= 15 is 0 Å². The van der Waals surface area contributed by atoms with Crippen LogP contribution < -0.4 is 5.32 Å². The molecule has 1 saturated heterocycles. The predicted molar refractivity (Wildman–Crippen MR) is 60.5 cm³/mol. The quantitative estimate of drug-likeness (QED) is 0.709. The third-order valence-corrected chi connectivity index (χ3v) is 3.19. The molecule has 0 saturated carbocycles. The molecule has 1 atom stereocenters. The fraction of sp³-hybridized carbons (Fsp3) is 1.00. The Morgan fingerprint density at radius 1 is 1.43 bits per heavy atom. The van der Waals surface area contributed by atoms with Gasteiger partial charge in [0.1, 0.15) is 0 Å². The van der Waals surface area contributed by atoms with Crippen LogP contribution in [0.25, 0.3) is 0 Å². The molecular formula is C12H25NO. The van der Waals surface area contributed by atoms with Gasteiger partial charge in [0.15, 0.2) is 0 Å². The molecule has 0 radical (unpaired) electrons. The summed E-state index contributed by atoms with van der Waals surface area (Å²) in [6.45, 7) is 10.9. The van der Waals surface area contributed by atoms with Gasteiger partial charge in [-0.15, -0.1) is 0 Å². The molecule has 2 heteroatoms. The third-order valence-electron chi connectivity index (χ3n) is 3.19. The number of rotatable bonds is 6. The van der Waals surface area contributed by atoms with Gasteiger partial charge in [-0.2, -0.15) is 0 Å². The van der Waals surface area contributed by atoms with Crippen molar-refractivity contribution < 1.29 is 4.74 Å². The smallest absolute Gasteiger partial charge is 0.0535 e. The van der Waals surface area contributed by atoms with Crippen LogP contribution in [0, 0.1) is 11.3 Å². The van der Waals surface area contributed by atoms with E-state index in [9.17, 15) is 0 Å². The molecule has 0 bridgehead atoms. The van der Waals surface area contributed by atoms with E-state index in [4.69, 9.17) is 4.74 Å². The van der Waals surface area contributed by atoms with E-state index in [0.29, 0.717) is 5.41 Å². The van der Waals surface area contributed by atoms with E-state index in [1.807, 2.05) is 0 Å². The molecule has 1 aliphatic rings. The maximum atomic E-state index is 5.55. The van der Waals surface area contributed by atoms with E-state index in [1.165, 1.54) is 19.3 Å². The minimum Gasteiger partial charge on any atom is -0.381 e. The van der Waals surface area contributed by atoms with Crippen LogP contribution >= 0.6 is 0 Å². The molecule has 2 nitrogen and oxygen atoms in total. The second-order valence-electron chi connectivity index (χ2n) is 5.02. The summed E-state index contributed by atoms with van der Waals surface area (Å²) in [7, 11) is 0. The Hall–Kier alpha value is -0.0800. The van der Waals surface area contributed by atoms with Crippen molar-refractivity contribution in [2.75, 3.05) is 26.3 Å². The normalized spacial score (nSPS) is 27.4. The van der Waals surface area contributed by atoms with Crippen molar-refractivity contribution in [3.8, 4) is 0 Å². The highest BCUT2D eigenvalue weighted by molar-refractivity contribution is 4.85. The summed E-state index contributed by atoms with van der Waals surface area (Å²) < 4.78 is 5.55. The van der Waals surface area contributed by atoms with Crippen molar-refractivity contribution in [2.45, 2.75) is 40.0 Å². The maximum absolute atomic E-state index is 5.55. The monoisotopic (exact) mass is 199 g/mol. The Labute approximate surface area is 88.4 Å². The number of ether oxygens (including phenoxy) is 1. The van der Waals surface area contributed by atoms with E-state index in [0.717, 1.165) is 32.2 Å². The molecule has 1 fully saturated rings. The fourth-order valence-corrected chi connectivity index (χ4v) is 2.06. The molecule has 0 aliphatic carbocycles. The van der Waals surface area contributed by atoms with Crippen LogP contribution in [0.2, 0.25) is 0 Å². The summed E-state index contributed by atoms with van der Waals surface area (Å²) in [5.74, 6) is 0.814. The lowest BCUT2D eigenvalue weighted by molar-refractivity contribution is 0.140. The molecule has 0 aromatic carbocycles. The minimum absolute atomic E-state index is 0.445. The first-order valence-electron chi connectivity index (χ1n) is 5.97. The molecule has 0 aromatic rings. The zero-order chi connectivity index (χ0) is 10.4. The summed E-state index contributed by atoms with van der Waals surface area (Å²) in [4.78, 5) is 0. The van der Waals surface area contributed by atoms with Crippen LogP contribution in [-0.4, -0.2) is 26.3 Å². The van der Waals surface area contributed by atoms with Crippen LogP contribution in [-0.2, 0) is 4.74 Å². The maximum Gasteiger partial charge on any atom is 0.0535 e. The molecule has 0 amide bonds. The van der Waals surface area contributed by atoms with Crippen molar-refractivity contribution in [3.05, 3.63) is 0 Å². The molecule has 14 heavy (non-hydrogen) atoms. The molecule has 1 unspecified atom stereocenters. The van der Waals surface area contributed by atoms with Crippen molar-refractivity contribution >= 4 is 0 Å². The lowest BCUT2D eigenvalue weighted by Crippen LogP contribution is -2.35. The summed E-state index contributed by atoms with van der Waals surface area (Å²) in [5.41, 5.74) is 0.445. The van der Waals surface area contributed by atoms with Gasteiger partial charge in [-0.1, -0.05) is 27.2 Å². The highest BCUT2D eigenvalue weighted by Crippen LogP contribution is 2.34. The van der Waals surface area contributed by atoms with Gasteiger partial charge < -0.3 is 10.1 Å². The Morgan fingerprint density at radius 3 is 2.71 bits per heavy atom. The van der Waals surface area contributed by atoms with Crippen LogP contribution in [0.5, 0.6) is 0 Å². The van der Waals surface area contributed by atoms with E-state index < -0.39 is 0 Å². The van der Waals surface area contributed by atoms with Gasteiger partial charge in [-0.05, 0) is 25.3 Å². The number of hydrogen-bond donors (Lipinski definition) is 1. The topological polar surface area (TPSA) is 21.3 Å². The Morgan fingerprint density at radius 2 is 2.21 bits per heavy atom. The zero-order valence-electron chi connectivity index (χ0n) is 9.94. The highest BCUT2D eigenvalue weighted by atomic mass is 16.5. The van der Waals surface area contributed by atoms with Gasteiger partial charge in [-0.3, -0.25) is 0 Å². The second-order valence-corrected chi connectivity index (χ2v) is 5.02. The van der Waals surface area contributed by atoms with Gasteiger partial charge in [0.25, 0.3) is 0 Å². The first-order chi connectivity index (χ1) is 6.68. The number of hydrogen-bond acceptors (Lipinski definition) is 2. The number of nitrogens with one attached hydrogen (secondary N) is 1. The molecule has 1 N–H and O–H groups in total. The Bertz CT molecular complexity index is 150. The van der Waals surface area contributed by atoms with Crippen LogP contribution in [0.4, 0.5) is 0 Å². The molecule has 0 aromatic heterocycles. The second kappa shape index (κ2) is 5.72. The van der Waals surface area contributed by atoms with Crippen molar-refractivity contribution in [2.24, 2.45) is 11.3 Å². The van der Waals surface area contributed by atoms with Crippen molar-refractivity contribution in [1.82, 2.24) is 5.32 Å². The molecular weight excluding hydrogens is 174 g/mol. The third kappa shape index (κ3) is 3.58. The zero-order valence-corrected chi connectivity index (χ0v) is 9.94. The predicted octanol–water partition coefficient (Wildman–Crippen LogP) is 2.44. The summed E-state index contributed by atoms with van der Waals surface area (Å²) >= 11 is 0. The van der Waals surface area contributed by atoms with Gasteiger partial charge in [0, 0.05) is 18.6 Å². The summed E-state index contributed by atoms with van der Waals surface area (Å²) in [5, 5.41) is 3.47. The molecule has 1 aliphatic heterocycles. The largest absolute Gasteiger partial charge is 0.381 e. The van der Waals surface area contributed by atoms with E-state index in [1.54, 1.807) is 0 Å². The standard InChI is InChI=1S/C12H25NO/c1-4-13-9-12(6-5-11(2)3)7-8-14-10-12/h11,13H,4-10H2,1-3H3. The van der Waals surface area contributed by atoms with Crippen molar-refractivity contribution in [1.29, 1.82) is 0 Å². The van der Waals surface area contributed by atoms with Crippen LogP contribution in [0.1, 0.15) is 40.0 Å². The van der Waals surface area contributed by atoms with Crippen molar-refractivity contribution in [3.63, 3.8) is 0 Å². The molecule has 0 spiro atoms. The van der Waals surface area contributed by atoms with Gasteiger partial charge in [-0.25, -0.2) is 0 Å². The lowest BCUT2D eigenvalue weighted by Gasteiger charge is -2.28. The van der Waals surface area contributed by atoms with Gasteiger partial charge in [0.2, 0.25) is 0 Å². The van der Waals surface area contributed by atoms with Crippen LogP contribution in [0.3, 0.4) is 0 Å². The Balaban J connectivity index is 2.36. The first kappa shape index (κ1) is 12.0. The Kier molecular flexibility index (Phi) is 4.90. The summed E-state index contributed by atoms with van der Waals surface area (Å²) in [6, 6.07) is 0. The van der Waals surface area contributed by atoms with E-state index in [2.05, 4.69) is 26.1 Å². The minimum atomic E-state index is 0.445. The summed E-state index contributed by atoms with van der Waals surface area (Å²) in [6.07, 6.45) is 3.89. The molecule has 1 rings (SSSR count). The average molecular weight is 199 g/mol. The lowest BCUT2D eigenvalue weighted by atomic mass is 9.80.